The number of hydrogen-bond donors (Lipinski definition) is 0. The van der Waals surface area contributed by atoms with E-state index in [1.165, 1.54) is 5.56 Å². The van der Waals surface area contributed by atoms with Crippen LogP contribution in [0.25, 0.3) is 4.85 Å². The van der Waals surface area contributed by atoms with E-state index in [-0.39, 0.29) is 6.10 Å². The Morgan fingerprint density at radius 1 is 1.46 bits per heavy atom. The lowest BCUT2D eigenvalue weighted by molar-refractivity contribution is 0.189. The summed E-state index contributed by atoms with van der Waals surface area (Å²) in [5.41, 5.74) is 1.27. The van der Waals surface area contributed by atoms with Gasteiger partial charge in [-0.05, 0) is 24.5 Å². The smallest absolute Gasteiger partial charge is 0.250 e. The van der Waals surface area contributed by atoms with E-state index in [4.69, 9.17) is 11.3 Å². The van der Waals surface area contributed by atoms with Crippen LogP contribution in [-0.4, -0.2) is 12.6 Å². The SMILES string of the molecule is [C-]#[N+]CC1CCc2ccccc2O1. The molecular formula is C11H11NO. The monoisotopic (exact) mass is 173 g/mol. The average molecular weight is 173 g/mol. The summed E-state index contributed by atoms with van der Waals surface area (Å²) in [6.45, 7) is 7.25. The molecule has 1 heterocycles. The van der Waals surface area contributed by atoms with Gasteiger partial charge in [0.1, 0.15) is 5.75 Å². The lowest BCUT2D eigenvalue weighted by Gasteiger charge is -2.22. The quantitative estimate of drug-likeness (QED) is 0.594. The Bertz CT molecular complexity index is 340. The van der Waals surface area contributed by atoms with Crippen molar-refractivity contribution in [1.82, 2.24) is 0 Å². The molecule has 1 aliphatic heterocycles. The summed E-state index contributed by atoms with van der Waals surface area (Å²) >= 11 is 0. The first-order valence-electron chi connectivity index (χ1n) is 4.48. The third kappa shape index (κ3) is 1.65. The van der Waals surface area contributed by atoms with Gasteiger partial charge in [0.25, 0.3) is 6.54 Å². The van der Waals surface area contributed by atoms with Crippen LogP contribution in [0, 0.1) is 6.57 Å². The Balaban J connectivity index is 2.16. The van der Waals surface area contributed by atoms with E-state index in [9.17, 15) is 0 Å². The minimum Gasteiger partial charge on any atom is -0.482 e. The van der Waals surface area contributed by atoms with E-state index < -0.39 is 0 Å². The number of ether oxygens (including phenoxy) is 1. The molecule has 0 saturated heterocycles. The van der Waals surface area contributed by atoms with Gasteiger partial charge in [-0.25, -0.2) is 6.57 Å². The number of aryl methyl sites for hydroxylation is 1. The number of para-hydroxylation sites is 1. The Labute approximate surface area is 78.0 Å². The zero-order valence-electron chi connectivity index (χ0n) is 7.36. The lowest BCUT2D eigenvalue weighted by atomic mass is 10.0. The van der Waals surface area contributed by atoms with Gasteiger partial charge in [0.05, 0.1) is 0 Å². The molecule has 1 aliphatic rings. The lowest BCUT2D eigenvalue weighted by Crippen LogP contribution is -2.24. The van der Waals surface area contributed by atoms with Gasteiger partial charge in [-0.3, -0.25) is 0 Å². The maximum Gasteiger partial charge on any atom is 0.250 e. The molecule has 2 rings (SSSR count). The predicted molar refractivity (Wildman–Crippen MR) is 50.6 cm³/mol. The van der Waals surface area contributed by atoms with Crippen molar-refractivity contribution in [2.75, 3.05) is 6.54 Å². The first-order chi connectivity index (χ1) is 6.40. The summed E-state index contributed by atoms with van der Waals surface area (Å²) in [6.07, 6.45) is 2.11. The van der Waals surface area contributed by atoms with E-state index in [0.717, 1.165) is 18.6 Å². The highest BCUT2D eigenvalue weighted by Crippen LogP contribution is 2.26. The van der Waals surface area contributed by atoms with Crippen molar-refractivity contribution < 1.29 is 4.74 Å². The van der Waals surface area contributed by atoms with Crippen LogP contribution >= 0.6 is 0 Å². The van der Waals surface area contributed by atoms with Gasteiger partial charge in [-0.2, -0.15) is 0 Å². The Hall–Kier alpha value is -1.49. The third-order valence-corrected chi connectivity index (χ3v) is 2.30. The standard InChI is InChI=1S/C11H11NO/c1-12-8-10-7-6-9-4-2-3-5-11(9)13-10/h2-5,10H,6-8H2. The van der Waals surface area contributed by atoms with Gasteiger partial charge in [0, 0.05) is 0 Å². The third-order valence-electron chi connectivity index (χ3n) is 2.30. The molecule has 0 N–H and O–H groups in total. The van der Waals surface area contributed by atoms with Gasteiger partial charge >= 0.3 is 0 Å². The van der Waals surface area contributed by atoms with Crippen molar-refractivity contribution in [3.8, 4) is 5.75 Å². The van der Waals surface area contributed by atoms with Crippen molar-refractivity contribution >= 4 is 0 Å². The van der Waals surface area contributed by atoms with Crippen LogP contribution in [0.3, 0.4) is 0 Å². The molecule has 66 valence electrons. The number of benzene rings is 1. The van der Waals surface area contributed by atoms with E-state index in [0.29, 0.717) is 6.54 Å². The molecule has 0 fully saturated rings. The topological polar surface area (TPSA) is 13.6 Å². The molecule has 1 atom stereocenters. The molecule has 0 amide bonds. The number of hydrogen-bond acceptors (Lipinski definition) is 1. The second-order valence-corrected chi connectivity index (χ2v) is 3.23. The summed E-state index contributed by atoms with van der Waals surface area (Å²) in [7, 11) is 0. The fourth-order valence-corrected chi connectivity index (χ4v) is 1.61. The van der Waals surface area contributed by atoms with Crippen molar-refractivity contribution in [3.63, 3.8) is 0 Å². The van der Waals surface area contributed by atoms with Crippen molar-refractivity contribution in [3.05, 3.63) is 41.2 Å². The first kappa shape index (κ1) is 8.12. The van der Waals surface area contributed by atoms with Gasteiger partial charge in [-0.15, -0.1) is 0 Å². The largest absolute Gasteiger partial charge is 0.482 e. The molecule has 1 aromatic carbocycles. The first-order valence-corrected chi connectivity index (χ1v) is 4.48. The fourth-order valence-electron chi connectivity index (χ4n) is 1.61. The average Bonchev–Trinajstić information content (AvgIpc) is 2.18. The van der Waals surface area contributed by atoms with Gasteiger partial charge in [0.2, 0.25) is 0 Å². The molecule has 2 heteroatoms. The maximum atomic E-state index is 6.77. The van der Waals surface area contributed by atoms with Crippen LogP contribution in [0.15, 0.2) is 24.3 Å². The highest BCUT2D eigenvalue weighted by atomic mass is 16.5. The minimum atomic E-state index is 0.104. The number of rotatable bonds is 1. The molecule has 2 nitrogen and oxygen atoms in total. The Morgan fingerprint density at radius 3 is 3.15 bits per heavy atom. The molecular weight excluding hydrogens is 162 g/mol. The molecule has 0 saturated carbocycles. The summed E-state index contributed by atoms with van der Waals surface area (Å²) in [4.78, 5) is 3.36. The zero-order chi connectivity index (χ0) is 9.10. The molecule has 0 bridgehead atoms. The van der Waals surface area contributed by atoms with E-state index in [1.807, 2.05) is 18.2 Å². The minimum absolute atomic E-state index is 0.104. The molecule has 0 aliphatic carbocycles. The number of nitrogens with zero attached hydrogens (tertiary/aromatic N) is 1. The van der Waals surface area contributed by atoms with Gasteiger partial charge in [0.15, 0.2) is 6.10 Å². The van der Waals surface area contributed by atoms with E-state index in [2.05, 4.69) is 10.9 Å². The normalized spacial score (nSPS) is 19.8. The molecule has 1 aromatic rings. The van der Waals surface area contributed by atoms with Crippen LogP contribution in [0.4, 0.5) is 0 Å². The Kier molecular flexibility index (Phi) is 2.18. The second-order valence-electron chi connectivity index (χ2n) is 3.23. The van der Waals surface area contributed by atoms with Gasteiger partial charge in [-0.1, -0.05) is 18.2 Å². The van der Waals surface area contributed by atoms with Crippen LogP contribution in [0.1, 0.15) is 12.0 Å². The van der Waals surface area contributed by atoms with Crippen molar-refractivity contribution in [2.24, 2.45) is 0 Å². The molecule has 0 spiro atoms. The van der Waals surface area contributed by atoms with Gasteiger partial charge < -0.3 is 9.58 Å². The maximum absolute atomic E-state index is 6.77. The van der Waals surface area contributed by atoms with E-state index >= 15 is 0 Å². The summed E-state index contributed by atoms with van der Waals surface area (Å²) in [5, 5.41) is 0. The molecule has 1 unspecified atom stereocenters. The van der Waals surface area contributed by atoms with Crippen LogP contribution in [-0.2, 0) is 6.42 Å². The zero-order valence-corrected chi connectivity index (χ0v) is 7.36. The van der Waals surface area contributed by atoms with Crippen LogP contribution < -0.4 is 4.74 Å². The van der Waals surface area contributed by atoms with Crippen LogP contribution in [0.2, 0.25) is 0 Å². The summed E-state index contributed by atoms with van der Waals surface area (Å²) < 4.78 is 5.66. The van der Waals surface area contributed by atoms with Crippen molar-refractivity contribution in [2.45, 2.75) is 18.9 Å². The fraction of sp³-hybridized carbons (Fsp3) is 0.364. The predicted octanol–water partition coefficient (Wildman–Crippen LogP) is 2.30. The summed E-state index contributed by atoms with van der Waals surface area (Å²) in [6, 6.07) is 8.06. The molecule has 0 aromatic heterocycles. The number of fused-ring (bicyclic) bond motifs is 1. The molecule has 0 radical (unpaired) electrons. The highest BCUT2D eigenvalue weighted by Gasteiger charge is 2.20. The van der Waals surface area contributed by atoms with Crippen LogP contribution in [0.5, 0.6) is 5.75 Å². The molecule has 13 heavy (non-hydrogen) atoms. The summed E-state index contributed by atoms with van der Waals surface area (Å²) in [5.74, 6) is 0.961. The van der Waals surface area contributed by atoms with Crippen molar-refractivity contribution in [1.29, 1.82) is 0 Å². The Morgan fingerprint density at radius 2 is 2.31 bits per heavy atom. The second kappa shape index (κ2) is 3.49. The van der Waals surface area contributed by atoms with E-state index in [1.54, 1.807) is 0 Å². The highest BCUT2D eigenvalue weighted by molar-refractivity contribution is 5.35.